The molecule has 2 aromatic carbocycles. The van der Waals surface area contributed by atoms with Crippen LogP contribution in [0, 0.1) is 11.8 Å². The molecule has 2 aliphatic rings. The number of hydrogen-bond donors (Lipinski definition) is 1. The number of carbonyl (C=O) groups is 2. The second-order valence-corrected chi connectivity index (χ2v) is 13.4. The Hall–Kier alpha value is -3.11. The molecule has 4 atom stereocenters. The molecule has 1 fully saturated rings. The Labute approximate surface area is 244 Å². The summed E-state index contributed by atoms with van der Waals surface area (Å²) < 4.78 is 35.0. The molecule has 4 rings (SSSR count). The van der Waals surface area contributed by atoms with Gasteiger partial charge in [-0.2, -0.15) is 0 Å². The first-order valence-electron chi connectivity index (χ1n) is 14.5. The van der Waals surface area contributed by atoms with Gasteiger partial charge in [-0.1, -0.05) is 57.7 Å². The van der Waals surface area contributed by atoms with E-state index in [0.717, 1.165) is 24.1 Å². The van der Waals surface area contributed by atoms with Crippen molar-refractivity contribution in [2.45, 2.75) is 69.9 Å². The van der Waals surface area contributed by atoms with Gasteiger partial charge in [0.15, 0.2) is 9.84 Å². The molecule has 3 unspecified atom stereocenters. The molecule has 2 aromatic rings. The molecule has 0 bridgehead atoms. The number of piperidine rings is 1. The number of rotatable bonds is 8. The fourth-order valence-corrected chi connectivity index (χ4v) is 6.49. The molecule has 224 valence electrons. The molecule has 1 N–H and O–H groups in total. The Balaban J connectivity index is 1.59. The maximum atomic E-state index is 13.7. The summed E-state index contributed by atoms with van der Waals surface area (Å²) in [5.41, 5.74) is 2.65. The maximum Gasteiger partial charge on any atom is 0.414 e. The first-order valence-corrected chi connectivity index (χ1v) is 16.4. The average molecular weight is 586 g/mol. The number of anilines is 2. The summed E-state index contributed by atoms with van der Waals surface area (Å²) in [6, 6.07) is 11.7. The molecular formula is C31H43N3O6S. The molecule has 2 aliphatic heterocycles. The standard InChI is InChI=1S/C31H43N3O6S/c1-6-7-8-9-21(2)25-16-26(19-32-18-25)40-30(35)33-20-22(3)34(31(36)39-4)28-15-12-24(17-29(28)33)23-10-13-27(14-11-23)41(5,37)38/h10-15,17,21-22,25-26,32H,6-9,16,18-20H2,1-5H3/t21?,22-,25?,26?/m0/s1. The second-order valence-electron chi connectivity index (χ2n) is 11.4. The molecule has 2 amide bonds. The summed E-state index contributed by atoms with van der Waals surface area (Å²) in [6.45, 7) is 8.16. The summed E-state index contributed by atoms with van der Waals surface area (Å²) in [7, 11) is -1.99. The number of nitrogens with one attached hydrogen (secondary N) is 1. The Morgan fingerprint density at radius 1 is 1.02 bits per heavy atom. The van der Waals surface area contributed by atoms with Gasteiger partial charge in [-0.05, 0) is 67.1 Å². The van der Waals surface area contributed by atoms with Crippen molar-refractivity contribution in [2.75, 3.05) is 42.8 Å². The zero-order valence-corrected chi connectivity index (χ0v) is 25.6. The van der Waals surface area contributed by atoms with Crippen molar-refractivity contribution in [3.63, 3.8) is 0 Å². The molecular weight excluding hydrogens is 542 g/mol. The van der Waals surface area contributed by atoms with E-state index in [9.17, 15) is 18.0 Å². The van der Waals surface area contributed by atoms with E-state index in [4.69, 9.17) is 9.47 Å². The molecule has 1 saturated heterocycles. The van der Waals surface area contributed by atoms with Gasteiger partial charge < -0.3 is 14.8 Å². The van der Waals surface area contributed by atoms with E-state index < -0.39 is 22.0 Å². The molecule has 0 radical (unpaired) electrons. The van der Waals surface area contributed by atoms with Crippen LogP contribution in [0.15, 0.2) is 47.4 Å². The van der Waals surface area contributed by atoms with Crippen LogP contribution in [0.4, 0.5) is 21.0 Å². The zero-order chi connectivity index (χ0) is 29.7. The van der Waals surface area contributed by atoms with Crippen molar-refractivity contribution in [3.8, 4) is 11.1 Å². The largest absolute Gasteiger partial charge is 0.452 e. The lowest BCUT2D eigenvalue weighted by Crippen LogP contribution is -2.53. The fraction of sp³-hybridized carbons (Fsp3) is 0.548. The molecule has 10 heteroatoms. The smallest absolute Gasteiger partial charge is 0.414 e. The predicted molar refractivity (Wildman–Crippen MR) is 161 cm³/mol. The maximum absolute atomic E-state index is 13.7. The summed E-state index contributed by atoms with van der Waals surface area (Å²) in [5, 5.41) is 3.46. The highest BCUT2D eigenvalue weighted by Crippen LogP contribution is 2.40. The van der Waals surface area contributed by atoms with Crippen molar-refractivity contribution < 1.29 is 27.5 Å². The van der Waals surface area contributed by atoms with Crippen molar-refractivity contribution in [1.29, 1.82) is 0 Å². The fourth-order valence-electron chi connectivity index (χ4n) is 5.86. The number of amides is 2. The SMILES string of the molecule is CCCCCC(C)C1CNCC(OC(=O)N2C[C@H](C)N(C(=O)OC)c3ccc(-c4ccc(S(C)(=O)=O)cc4)cc32)C1. The van der Waals surface area contributed by atoms with Gasteiger partial charge in [0.2, 0.25) is 0 Å². The van der Waals surface area contributed by atoms with Crippen LogP contribution in [0.5, 0.6) is 0 Å². The lowest BCUT2D eigenvalue weighted by molar-refractivity contribution is 0.0613. The summed E-state index contributed by atoms with van der Waals surface area (Å²) in [5.74, 6) is 0.999. The van der Waals surface area contributed by atoms with Crippen molar-refractivity contribution in [1.82, 2.24) is 5.32 Å². The lowest BCUT2D eigenvalue weighted by atomic mass is 9.83. The van der Waals surface area contributed by atoms with Crippen LogP contribution in [-0.4, -0.2) is 65.7 Å². The Morgan fingerprint density at radius 2 is 1.73 bits per heavy atom. The third kappa shape index (κ3) is 7.22. The third-order valence-electron chi connectivity index (χ3n) is 8.30. The van der Waals surface area contributed by atoms with E-state index in [1.165, 1.54) is 39.0 Å². The highest BCUT2D eigenvalue weighted by Gasteiger charge is 2.38. The summed E-state index contributed by atoms with van der Waals surface area (Å²) >= 11 is 0. The number of benzene rings is 2. The molecule has 0 saturated carbocycles. The van der Waals surface area contributed by atoms with E-state index in [-0.39, 0.29) is 23.6 Å². The monoisotopic (exact) mass is 585 g/mol. The Bertz CT molecular complexity index is 1330. The number of ether oxygens (including phenoxy) is 2. The molecule has 2 heterocycles. The molecule has 0 aromatic heterocycles. The minimum atomic E-state index is -3.32. The van der Waals surface area contributed by atoms with Crippen LogP contribution < -0.4 is 15.1 Å². The number of nitrogens with zero attached hydrogens (tertiary/aromatic N) is 2. The number of sulfone groups is 1. The quantitative estimate of drug-likeness (QED) is 0.386. The van der Waals surface area contributed by atoms with Crippen molar-refractivity contribution in [2.24, 2.45) is 11.8 Å². The van der Waals surface area contributed by atoms with Gasteiger partial charge in [-0.15, -0.1) is 0 Å². The lowest BCUT2D eigenvalue weighted by Gasteiger charge is -2.41. The van der Waals surface area contributed by atoms with Gasteiger partial charge in [0, 0.05) is 12.8 Å². The van der Waals surface area contributed by atoms with Gasteiger partial charge in [0.25, 0.3) is 0 Å². The number of unbranched alkanes of at least 4 members (excludes halogenated alkanes) is 2. The normalized spacial score (nSPS) is 21.6. The summed E-state index contributed by atoms with van der Waals surface area (Å²) in [4.78, 5) is 29.8. The minimum Gasteiger partial charge on any atom is -0.452 e. The molecule has 0 aliphatic carbocycles. The van der Waals surface area contributed by atoms with E-state index in [1.54, 1.807) is 40.1 Å². The summed E-state index contributed by atoms with van der Waals surface area (Å²) in [6.07, 6.45) is 5.64. The van der Waals surface area contributed by atoms with E-state index >= 15 is 0 Å². The molecule has 9 nitrogen and oxygen atoms in total. The van der Waals surface area contributed by atoms with Crippen molar-refractivity contribution >= 4 is 33.4 Å². The van der Waals surface area contributed by atoms with Crippen LogP contribution in [-0.2, 0) is 19.3 Å². The van der Waals surface area contributed by atoms with Crippen LogP contribution >= 0.6 is 0 Å². The van der Waals surface area contributed by atoms with Gasteiger partial charge in [0.1, 0.15) is 6.10 Å². The highest BCUT2D eigenvalue weighted by atomic mass is 32.2. The van der Waals surface area contributed by atoms with E-state index in [2.05, 4.69) is 19.2 Å². The van der Waals surface area contributed by atoms with Gasteiger partial charge in [-0.3, -0.25) is 9.80 Å². The molecule has 0 spiro atoms. The first-order chi connectivity index (χ1) is 19.5. The Morgan fingerprint density at radius 3 is 2.39 bits per heavy atom. The topological polar surface area (TPSA) is 105 Å². The first kappa shape index (κ1) is 30.8. The van der Waals surface area contributed by atoms with Gasteiger partial charge >= 0.3 is 12.2 Å². The van der Waals surface area contributed by atoms with Crippen LogP contribution in [0.2, 0.25) is 0 Å². The third-order valence-corrected chi connectivity index (χ3v) is 9.43. The second kappa shape index (κ2) is 13.2. The number of carbonyl (C=O) groups excluding carboxylic acids is 2. The zero-order valence-electron chi connectivity index (χ0n) is 24.8. The number of methoxy groups -OCH3 is 1. The predicted octanol–water partition coefficient (Wildman–Crippen LogP) is 5.87. The number of hydrogen-bond acceptors (Lipinski definition) is 7. The van der Waals surface area contributed by atoms with Gasteiger partial charge in [0.05, 0.1) is 36.0 Å². The average Bonchev–Trinajstić information content (AvgIpc) is 2.96. The van der Waals surface area contributed by atoms with E-state index in [1.807, 2.05) is 19.1 Å². The van der Waals surface area contributed by atoms with Crippen LogP contribution in [0.3, 0.4) is 0 Å². The van der Waals surface area contributed by atoms with E-state index in [0.29, 0.717) is 29.8 Å². The van der Waals surface area contributed by atoms with Crippen LogP contribution in [0.25, 0.3) is 11.1 Å². The van der Waals surface area contributed by atoms with Crippen molar-refractivity contribution in [3.05, 3.63) is 42.5 Å². The van der Waals surface area contributed by atoms with Gasteiger partial charge in [-0.25, -0.2) is 18.0 Å². The number of fused-ring (bicyclic) bond motifs is 1. The molecule has 41 heavy (non-hydrogen) atoms. The Kier molecular flexibility index (Phi) is 9.96. The van der Waals surface area contributed by atoms with Crippen LogP contribution in [0.1, 0.15) is 52.9 Å². The highest BCUT2D eigenvalue weighted by molar-refractivity contribution is 7.90. The minimum absolute atomic E-state index is 0.231.